The van der Waals surface area contributed by atoms with E-state index in [0.29, 0.717) is 12.8 Å². The highest BCUT2D eigenvalue weighted by molar-refractivity contribution is 6.01. The van der Waals surface area contributed by atoms with E-state index < -0.39 is 75.6 Å². The molecule has 8 unspecified atom stereocenters. The van der Waals surface area contributed by atoms with Crippen molar-refractivity contribution in [2.45, 2.75) is 92.0 Å². The maximum Gasteiger partial charge on any atom is 0.308 e. The van der Waals surface area contributed by atoms with Crippen LogP contribution in [0.4, 0.5) is 0 Å². The van der Waals surface area contributed by atoms with Gasteiger partial charge >= 0.3 is 23.9 Å². The van der Waals surface area contributed by atoms with E-state index in [1.54, 1.807) is 32.3 Å². The van der Waals surface area contributed by atoms with Crippen LogP contribution in [0.1, 0.15) is 85.8 Å². The van der Waals surface area contributed by atoms with E-state index in [2.05, 4.69) is 6.92 Å². The van der Waals surface area contributed by atoms with Gasteiger partial charge in [0.05, 0.1) is 32.0 Å². The van der Waals surface area contributed by atoms with Crippen LogP contribution in [-0.4, -0.2) is 48.5 Å². The van der Waals surface area contributed by atoms with Crippen molar-refractivity contribution in [3.8, 4) is 0 Å². The minimum absolute atomic E-state index is 0.0646. The zero-order chi connectivity index (χ0) is 31.7. The van der Waals surface area contributed by atoms with Gasteiger partial charge in [-0.1, -0.05) is 47.1 Å². The third-order valence-electron chi connectivity index (χ3n) is 10.9. The van der Waals surface area contributed by atoms with Crippen molar-refractivity contribution >= 4 is 29.7 Å². The molecule has 5 rings (SSSR count). The molecule has 0 spiro atoms. The average Bonchev–Trinajstić information content (AvgIpc) is 3.46. The third-order valence-corrected chi connectivity index (χ3v) is 10.9. The first kappa shape index (κ1) is 31.0. The van der Waals surface area contributed by atoms with Crippen molar-refractivity contribution in [3.63, 3.8) is 0 Å². The summed E-state index contributed by atoms with van der Waals surface area (Å²) in [6, 6.07) is 1.78. The highest BCUT2D eigenvalue weighted by atomic mass is 16.6. The molecule has 43 heavy (non-hydrogen) atoms. The fraction of sp³-hybridized carbons (Fsp3) is 0.667. The molecule has 10 heteroatoms. The number of Topliss-reactive ketones (excluding diaryl/α,β-unsaturated/α-hetero) is 1. The highest BCUT2D eigenvalue weighted by Crippen LogP contribution is 2.69. The van der Waals surface area contributed by atoms with E-state index in [-0.39, 0.29) is 24.7 Å². The number of ether oxygens (including phenoxy) is 4. The smallest absolute Gasteiger partial charge is 0.308 e. The van der Waals surface area contributed by atoms with Crippen LogP contribution < -0.4 is 0 Å². The Morgan fingerprint density at radius 1 is 1.09 bits per heavy atom. The van der Waals surface area contributed by atoms with Crippen LogP contribution in [0.3, 0.4) is 0 Å². The molecule has 3 aliphatic carbocycles. The van der Waals surface area contributed by atoms with Gasteiger partial charge in [-0.15, -0.1) is 0 Å². The molecule has 1 aliphatic heterocycles. The summed E-state index contributed by atoms with van der Waals surface area (Å²) in [5, 5.41) is 0. The molecule has 0 amide bonds. The number of rotatable bonds is 6. The van der Waals surface area contributed by atoms with Crippen molar-refractivity contribution in [1.82, 2.24) is 0 Å². The molecular formula is C33H42O10. The summed E-state index contributed by atoms with van der Waals surface area (Å²) in [5.41, 5.74) is -3.23. The van der Waals surface area contributed by atoms with Gasteiger partial charge in [0.25, 0.3) is 0 Å². The summed E-state index contributed by atoms with van der Waals surface area (Å²) < 4.78 is 28.5. The monoisotopic (exact) mass is 598 g/mol. The fourth-order valence-electron chi connectivity index (χ4n) is 8.87. The van der Waals surface area contributed by atoms with Crippen LogP contribution in [0.2, 0.25) is 0 Å². The summed E-state index contributed by atoms with van der Waals surface area (Å²) in [4.78, 5) is 67.0. The number of ketones is 1. The zero-order valence-electron chi connectivity index (χ0n) is 26.2. The lowest BCUT2D eigenvalue weighted by Gasteiger charge is -2.66. The first-order valence-corrected chi connectivity index (χ1v) is 15.0. The van der Waals surface area contributed by atoms with Crippen LogP contribution in [0.5, 0.6) is 0 Å². The van der Waals surface area contributed by atoms with Crippen molar-refractivity contribution in [1.29, 1.82) is 0 Å². The maximum atomic E-state index is 15.0. The minimum atomic E-state index is -1.96. The maximum absolute atomic E-state index is 15.0. The second-order valence-corrected chi connectivity index (χ2v) is 14.0. The molecule has 4 aliphatic rings. The van der Waals surface area contributed by atoms with E-state index in [4.69, 9.17) is 23.4 Å². The molecule has 0 N–H and O–H groups in total. The first-order valence-electron chi connectivity index (χ1n) is 15.0. The quantitative estimate of drug-likeness (QED) is 0.253. The van der Waals surface area contributed by atoms with E-state index in [1.165, 1.54) is 20.3 Å². The standard InChI is InChI=1S/C33H42O10/c1-17(2)27(37)42-29-30(4,5)23(14-24(35)39-8)32(7)21-9-11-31(6)22(13-25(36)41-26(31)19-10-12-40-16-19)20(21)15-33(29,28(32)38)43-18(3)34/h10,12,15-17,21-23,26,29H,9,11,13-14H2,1-8H3. The molecule has 1 saturated heterocycles. The molecule has 234 valence electrons. The number of furan rings is 1. The highest BCUT2D eigenvalue weighted by Gasteiger charge is 2.75. The Balaban J connectivity index is 1.78. The van der Waals surface area contributed by atoms with Gasteiger partial charge in [-0.05, 0) is 42.7 Å². The number of allylic oxidation sites excluding steroid dienone is 1. The summed E-state index contributed by atoms with van der Waals surface area (Å²) in [5.74, 6) is -4.50. The molecule has 3 fully saturated rings. The molecule has 8 atom stereocenters. The Morgan fingerprint density at radius 2 is 1.79 bits per heavy atom. The number of cyclic esters (lactones) is 1. The van der Waals surface area contributed by atoms with Crippen molar-refractivity contribution < 1.29 is 47.3 Å². The van der Waals surface area contributed by atoms with E-state index in [0.717, 1.165) is 11.1 Å². The second-order valence-electron chi connectivity index (χ2n) is 14.0. The second kappa shape index (κ2) is 10.3. The third kappa shape index (κ3) is 4.46. The SMILES string of the molecule is COC(=O)CC1C(C)(C)C(OC(=O)C(C)C)C2(OC(C)=O)C=C3C4CC(=O)OC(c5ccoc5)C4(C)CCC3C1(C)C2=O. The molecule has 2 bridgehead atoms. The number of hydrogen-bond acceptors (Lipinski definition) is 10. The van der Waals surface area contributed by atoms with Gasteiger partial charge < -0.3 is 23.4 Å². The lowest BCUT2D eigenvalue weighted by molar-refractivity contribution is -0.234. The summed E-state index contributed by atoms with van der Waals surface area (Å²) in [6.45, 7) is 12.2. The topological polar surface area (TPSA) is 135 Å². The lowest BCUT2D eigenvalue weighted by Crippen LogP contribution is -2.75. The molecular weight excluding hydrogens is 556 g/mol. The molecule has 2 heterocycles. The van der Waals surface area contributed by atoms with Gasteiger partial charge in [0.1, 0.15) is 6.10 Å². The van der Waals surface area contributed by atoms with Gasteiger partial charge in [-0.3, -0.25) is 24.0 Å². The zero-order valence-corrected chi connectivity index (χ0v) is 26.2. The predicted molar refractivity (Wildman–Crippen MR) is 151 cm³/mol. The van der Waals surface area contributed by atoms with Gasteiger partial charge in [-0.25, -0.2) is 0 Å². The Hall–Kier alpha value is -3.43. The van der Waals surface area contributed by atoms with Crippen molar-refractivity contribution in [2.24, 2.45) is 39.9 Å². The van der Waals surface area contributed by atoms with E-state index in [1.807, 2.05) is 20.8 Å². The first-order chi connectivity index (χ1) is 20.0. The van der Waals surface area contributed by atoms with Gasteiger partial charge in [0, 0.05) is 35.2 Å². The number of carbonyl (C=O) groups is 5. The van der Waals surface area contributed by atoms with Gasteiger partial charge in [-0.2, -0.15) is 0 Å². The fourth-order valence-corrected chi connectivity index (χ4v) is 8.87. The minimum Gasteiger partial charge on any atom is -0.472 e. The molecule has 0 aromatic carbocycles. The molecule has 1 aromatic heterocycles. The van der Waals surface area contributed by atoms with Crippen LogP contribution in [0, 0.1) is 39.9 Å². The Morgan fingerprint density at radius 3 is 2.37 bits per heavy atom. The number of carbonyl (C=O) groups excluding carboxylic acids is 5. The predicted octanol–water partition coefficient (Wildman–Crippen LogP) is 4.90. The Bertz CT molecular complexity index is 1370. The van der Waals surface area contributed by atoms with Crippen LogP contribution >= 0.6 is 0 Å². The number of methoxy groups -OCH3 is 1. The number of hydrogen-bond donors (Lipinski definition) is 0. The van der Waals surface area contributed by atoms with E-state index in [9.17, 15) is 24.0 Å². The summed E-state index contributed by atoms with van der Waals surface area (Å²) in [6.07, 6.45) is 4.11. The van der Waals surface area contributed by atoms with Crippen LogP contribution in [0.15, 0.2) is 34.7 Å². The molecule has 10 nitrogen and oxygen atoms in total. The average molecular weight is 599 g/mol. The van der Waals surface area contributed by atoms with Gasteiger partial charge in [0.15, 0.2) is 11.9 Å². The van der Waals surface area contributed by atoms with Gasteiger partial charge in [0.2, 0.25) is 5.60 Å². The summed E-state index contributed by atoms with van der Waals surface area (Å²) in [7, 11) is 1.30. The Kier molecular flexibility index (Phi) is 7.45. The van der Waals surface area contributed by atoms with Crippen molar-refractivity contribution in [3.05, 3.63) is 35.8 Å². The molecule has 2 saturated carbocycles. The number of fused-ring (bicyclic) bond motifs is 6. The molecule has 1 aromatic rings. The van der Waals surface area contributed by atoms with Crippen molar-refractivity contribution in [2.75, 3.05) is 7.11 Å². The number of esters is 4. The normalized spacial score (nSPS) is 37.8. The van der Waals surface area contributed by atoms with E-state index >= 15 is 0 Å². The Labute approximate surface area is 251 Å². The molecule has 0 radical (unpaired) electrons. The van der Waals surface area contributed by atoms with Crippen LogP contribution in [0.25, 0.3) is 0 Å². The lowest BCUT2D eigenvalue weighted by atomic mass is 9.39. The summed E-state index contributed by atoms with van der Waals surface area (Å²) >= 11 is 0. The van der Waals surface area contributed by atoms with Crippen LogP contribution in [-0.2, 0) is 42.9 Å². The largest absolute Gasteiger partial charge is 0.472 e.